The number of nitrogens with zero attached hydrogens (tertiary/aromatic N) is 5. The van der Waals surface area contributed by atoms with Gasteiger partial charge in [0.25, 0.3) is 11.9 Å². The van der Waals surface area contributed by atoms with E-state index in [4.69, 9.17) is 16.3 Å². The summed E-state index contributed by atoms with van der Waals surface area (Å²) in [5.41, 5.74) is 1.03. The van der Waals surface area contributed by atoms with E-state index in [0.717, 1.165) is 5.39 Å². The minimum absolute atomic E-state index is 0.0729. The molecule has 0 spiro atoms. The number of likely N-dealkylation sites (N-methyl/N-ethyl adjacent to an activating group) is 1. The van der Waals surface area contributed by atoms with Gasteiger partial charge in [0.1, 0.15) is 5.02 Å². The van der Waals surface area contributed by atoms with E-state index in [-0.39, 0.29) is 23.8 Å². The SMILES string of the molecule is CNC(=O)COc1cc2cc(Nc3nc(-n4cccn4)ncc3Cl)ccc2n(I)c1=O. The Morgan fingerprint density at radius 1 is 1.32 bits per heavy atom. The Kier molecular flexibility index (Phi) is 6.04. The van der Waals surface area contributed by atoms with Gasteiger partial charge in [0.2, 0.25) is 0 Å². The van der Waals surface area contributed by atoms with Gasteiger partial charge in [-0.05, 0) is 30.3 Å². The molecule has 0 saturated carbocycles. The van der Waals surface area contributed by atoms with Crippen molar-refractivity contribution >= 4 is 62.8 Å². The molecule has 10 nitrogen and oxygen atoms in total. The molecule has 0 aliphatic carbocycles. The highest BCUT2D eigenvalue weighted by Crippen LogP contribution is 2.27. The molecule has 0 saturated heterocycles. The van der Waals surface area contributed by atoms with Gasteiger partial charge in [0.05, 0.1) is 34.6 Å². The quantitative estimate of drug-likeness (QED) is 0.354. The van der Waals surface area contributed by atoms with Crippen molar-refractivity contribution in [1.82, 2.24) is 27.8 Å². The monoisotopic (exact) mass is 551 g/mol. The molecule has 0 unspecified atom stereocenters. The Morgan fingerprint density at radius 3 is 2.90 bits per heavy atom. The van der Waals surface area contributed by atoms with E-state index < -0.39 is 0 Å². The van der Waals surface area contributed by atoms with Crippen molar-refractivity contribution < 1.29 is 9.53 Å². The summed E-state index contributed by atoms with van der Waals surface area (Å²) < 4.78 is 8.35. The topological polar surface area (TPSA) is 116 Å². The molecule has 4 aromatic rings. The van der Waals surface area contributed by atoms with Gasteiger partial charge in [-0.2, -0.15) is 10.1 Å². The van der Waals surface area contributed by atoms with Gasteiger partial charge in [0.15, 0.2) is 18.2 Å². The highest BCUT2D eigenvalue weighted by atomic mass is 127. The molecule has 3 heterocycles. The Hall–Kier alpha value is -3.19. The van der Waals surface area contributed by atoms with Crippen molar-refractivity contribution in [2.75, 3.05) is 19.0 Å². The van der Waals surface area contributed by atoms with E-state index in [1.54, 1.807) is 36.7 Å². The summed E-state index contributed by atoms with van der Waals surface area (Å²) in [4.78, 5) is 32.5. The van der Waals surface area contributed by atoms with Crippen LogP contribution in [0, 0.1) is 0 Å². The van der Waals surface area contributed by atoms with Crippen LogP contribution in [0.2, 0.25) is 5.02 Å². The fourth-order valence-electron chi connectivity index (χ4n) is 2.73. The average molecular weight is 552 g/mol. The summed E-state index contributed by atoms with van der Waals surface area (Å²) >= 11 is 8.16. The number of halogens is 2. The second-order valence-electron chi connectivity index (χ2n) is 6.27. The molecule has 3 aromatic heterocycles. The fourth-order valence-corrected chi connectivity index (χ4v) is 3.55. The standard InChI is InChI=1S/C19H15ClIN7O3/c1-22-16(29)10-31-15-8-11-7-12(3-4-14(11)28(21)18(15)30)25-17-13(20)9-23-19(26-17)27-6-2-5-24-27/h2-9H,10H2,1H3,(H,22,29)(H,23,25,26). The zero-order valence-electron chi connectivity index (χ0n) is 16.0. The molecule has 0 aliphatic heterocycles. The van der Waals surface area contributed by atoms with Crippen LogP contribution < -0.4 is 20.9 Å². The molecule has 0 bridgehead atoms. The zero-order chi connectivity index (χ0) is 22.0. The Morgan fingerprint density at radius 2 is 2.16 bits per heavy atom. The van der Waals surface area contributed by atoms with Crippen LogP contribution in [0.5, 0.6) is 5.75 Å². The largest absolute Gasteiger partial charge is 0.478 e. The van der Waals surface area contributed by atoms with E-state index in [1.165, 1.54) is 20.7 Å². The van der Waals surface area contributed by atoms with E-state index in [9.17, 15) is 9.59 Å². The molecule has 158 valence electrons. The van der Waals surface area contributed by atoms with Gasteiger partial charge in [-0.15, -0.1) is 0 Å². The zero-order valence-corrected chi connectivity index (χ0v) is 19.0. The number of aromatic nitrogens is 5. The minimum Gasteiger partial charge on any atom is -0.478 e. The predicted octanol–water partition coefficient (Wildman–Crippen LogP) is 2.70. The van der Waals surface area contributed by atoms with E-state index in [2.05, 4.69) is 25.7 Å². The second kappa shape index (κ2) is 8.89. The third-order valence-electron chi connectivity index (χ3n) is 4.26. The lowest BCUT2D eigenvalue weighted by molar-refractivity contribution is -0.122. The molecule has 1 aromatic carbocycles. The van der Waals surface area contributed by atoms with E-state index >= 15 is 0 Å². The second-order valence-corrected chi connectivity index (χ2v) is 7.64. The van der Waals surface area contributed by atoms with Gasteiger partial charge in [0, 0.05) is 30.5 Å². The lowest BCUT2D eigenvalue weighted by atomic mass is 10.2. The maximum Gasteiger partial charge on any atom is 0.302 e. The molecule has 2 N–H and O–H groups in total. The molecule has 0 fully saturated rings. The summed E-state index contributed by atoms with van der Waals surface area (Å²) in [6, 6.07) is 8.77. The van der Waals surface area contributed by atoms with Crippen molar-refractivity contribution in [1.29, 1.82) is 0 Å². The number of carbonyl (C=O) groups is 1. The van der Waals surface area contributed by atoms with Crippen LogP contribution in [0.15, 0.2) is 53.7 Å². The normalized spacial score (nSPS) is 10.8. The first-order chi connectivity index (χ1) is 15.0. The number of ether oxygens (including phenoxy) is 1. The molecular weight excluding hydrogens is 537 g/mol. The van der Waals surface area contributed by atoms with Crippen molar-refractivity contribution in [2.24, 2.45) is 0 Å². The number of pyridine rings is 1. The molecule has 0 atom stereocenters. The summed E-state index contributed by atoms with van der Waals surface area (Å²) in [6.45, 7) is -0.251. The van der Waals surface area contributed by atoms with Crippen LogP contribution >= 0.6 is 34.5 Å². The Labute approximate surface area is 194 Å². The number of anilines is 2. The first-order valence-electron chi connectivity index (χ1n) is 8.95. The maximum atomic E-state index is 12.5. The summed E-state index contributed by atoms with van der Waals surface area (Å²) in [6.07, 6.45) is 4.84. The first-order valence-corrected chi connectivity index (χ1v) is 10.3. The van der Waals surface area contributed by atoms with Gasteiger partial charge in [-0.3, -0.25) is 9.59 Å². The summed E-state index contributed by atoms with van der Waals surface area (Å²) in [5, 5.41) is 10.8. The van der Waals surface area contributed by atoms with Gasteiger partial charge >= 0.3 is 5.56 Å². The van der Waals surface area contributed by atoms with Crippen molar-refractivity contribution in [2.45, 2.75) is 0 Å². The van der Waals surface area contributed by atoms with Gasteiger partial charge < -0.3 is 15.4 Å². The summed E-state index contributed by atoms with van der Waals surface area (Å²) in [7, 11) is 1.50. The molecule has 1 amide bonds. The van der Waals surface area contributed by atoms with Crippen LogP contribution in [0.3, 0.4) is 0 Å². The number of fused-ring (bicyclic) bond motifs is 1. The van der Waals surface area contributed by atoms with Gasteiger partial charge in [-0.25, -0.2) is 12.4 Å². The Bertz CT molecular complexity index is 1320. The van der Waals surface area contributed by atoms with Crippen LogP contribution in [0.1, 0.15) is 0 Å². The lowest BCUT2D eigenvalue weighted by Crippen LogP contribution is -2.27. The minimum atomic E-state index is -0.347. The summed E-state index contributed by atoms with van der Waals surface area (Å²) in [5.74, 6) is 0.508. The number of hydrogen-bond donors (Lipinski definition) is 2. The third kappa shape index (κ3) is 4.46. The lowest BCUT2D eigenvalue weighted by Gasteiger charge is -2.12. The molecular formula is C19H15ClIN7O3. The molecule has 0 aliphatic rings. The Balaban J connectivity index is 1.68. The van der Waals surface area contributed by atoms with E-state index in [1.807, 2.05) is 28.9 Å². The van der Waals surface area contributed by atoms with Crippen molar-refractivity contribution in [3.63, 3.8) is 0 Å². The number of rotatable bonds is 6. The number of benzene rings is 1. The first kappa shape index (κ1) is 21.1. The van der Waals surface area contributed by atoms with Crippen LogP contribution in [-0.4, -0.2) is 42.1 Å². The van der Waals surface area contributed by atoms with Crippen molar-refractivity contribution in [3.8, 4) is 11.7 Å². The smallest absolute Gasteiger partial charge is 0.302 e. The van der Waals surface area contributed by atoms with Crippen molar-refractivity contribution in [3.05, 3.63) is 64.3 Å². The molecule has 0 radical (unpaired) electrons. The number of carbonyl (C=O) groups excluding carboxylic acids is 1. The van der Waals surface area contributed by atoms with Gasteiger partial charge in [-0.1, -0.05) is 11.6 Å². The van der Waals surface area contributed by atoms with E-state index in [0.29, 0.717) is 28.0 Å². The maximum absolute atomic E-state index is 12.5. The number of amides is 1. The van der Waals surface area contributed by atoms with Crippen LogP contribution in [0.25, 0.3) is 16.9 Å². The number of hydrogen-bond acceptors (Lipinski definition) is 7. The average Bonchev–Trinajstić information content (AvgIpc) is 3.31. The van der Waals surface area contributed by atoms with Crippen LogP contribution in [-0.2, 0) is 4.79 Å². The fraction of sp³-hybridized carbons (Fsp3) is 0.105. The number of nitrogens with one attached hydrogen (secondary N) is 2. The highest BCUT2D eigenvalue weighted by Gasteiger charge is 2.12. The molecule has 12 heteroatoms. The predicted molar refractivity (Wildman–Crippen MR) is 125 cm³/mol. The molecule has 4 rings (SSSR count). The highest BCUT2D eigenvalue weighted by molar-refractivity contribution is 14.1. The molecule has 31 heavy (non-hydrogen) atoms. The van der Waals surface area contributed by atoms with Crippen LogP contribution in [0.4, 0.5) is 11.5 Å². The third-order valence-corrected chi connectivity index (χ3v) is 5.49.